The summed E-state index contributed by atoms with van der Waals surface area (Å²) >= 11 is 2.65. The number of carbonyl (C=O) groups is 2. The predicted molar refractivity (Wildman–Crippen MR) is 91.7 cm³/mol. The molecule has 0 atom stereocenters. The van der Waals surface area contributed by atoms with Crippen LogP contribution in [-0.4, -0.2) is 17.1 Å². The highest BCUT2D eigenvalue weighted by Gasteiger charge is 2.23. The third kappa shape index (κ3) is 3.86. The monoisotopic (exact) mass is 338 g/mol. The van der Waals surface area contributed by atoms with Crippen LogP contribution in [0, 0.1) is 6.92 Å². The standard InChI is InChI=1S/C15H18N2O3S2/c1-8-5-6-11(21-8)17-14(20)16-9-7-10(15(2,3)4)22-12(9)13(18)19/h5-7H,1-4H3,(H,18,19)(H2,16,17,20). The van der Waals surface area contributed by atoms with Crippen molar-refractivity contribution in [2.24, 2.45) is 0 Å². The summed E-state index contributed by atoms with van der Waals surface area (Å²) in [6.45, 7) is 7.96. The Balaban J connectivity index is 2.19. The van der Waals surface area contributed by atoms with Crippen molar-refractivity contribution < 1.29 is 14.7 Å². The summed E-state index contributed by atoms with van der Waals surface area (Å²) in [5.41, 5.74) is 0.157. The van der Waals surface area contributed by atoms with Crippen molar-refractivity contribution in [1.82, 2.24) is 0 Å². The highest BCUT2D eigenvalue weighted by atomic mass is 32.1. The van der Waals surface area contributed by atoms with Crippen molar-refractivity contribution >= 4 is 45.4 Å². The molecule has 0 saturated heterocycles. The van der Waals surface area contributed by atoms with E-state index in [1.54, 1.807) is 6.07 Å². The van der Waals surface area contributed by atoms with E-state index in [0.717, 1.165) is 14.8 Å². The summed E-state index contributed by atoms with van der Waals surface area (Å²) in [4.78, 5) is 25.5. The molecule has 2 amide bonds. The summed E-state index contributed by atoms with van der Waals surface area (Å²) in [5.74, 6) is -1.04. The number of carbonyl (C=O) groups excluding carboxylic acids is 1. The molecule has 0 radical (unpaired) electrons. The van der Waals surface area contributed by atoms with Crippen molar-refractivity contribution in [3.63, 3.8) is 0 Å². The molecular weight excluding hydrogens is 320 g/mol. The van der Waals surface area contributed by atoms with Crippen LogP contribution in [0.15, 0.2) is 18.2 Å². The number of amides is 2. The molecule has 0 saturated carbocycles. The summed E-state index contributed by atoms with van der Waals surface area (Å²) in [7, 11) is 0. The number of aryl methyl sites for hydroxylation is 1. The Labute approximate surface area is 137 Å². The molecule has 2 heterocycles. The van der Waals surface area contributed by atoms with Crippen LogP contribution < -0.4 is 10.6 Å². The van der Waals surface area contributed by atoms with Gasteiger partial charge in [0, 0.05) is 9.75 Å². The van der Waals surface area contributed by atoms with Crippen LogP contribution in [0.5, 0.6) is 0 Å². The number of rotatable bonds is 3. The zero-order chi connectivity index (χ0) is 16.5. The zero-order valence-corrected chi connectivity index (χ0v) is 14.4. The van der Waals surface area contributed by atoms with E-state index in [1.807, 2.05) is 39.8 Å². The van der Waals surface area contributed by atoms with Gasteiger partial charge < -0.3 is 10.4 Å². The van der Waals surface area contributed by atoms with Crippen LogP contribution in [0.4, 0.5) is 15.5 Å². The summed E-state index contributed by atoms with van der Waals surface area (Å²) in [6.07, 6.45) is 0. The third-order valence-corrected chi connectivity index (χ3v) is 5.36. The molecule has 5 nitrogen and oxygen atoms in total. The Bertz CT molecular complexity index is 711. The average Bonchev–Trinajstić information content (AvgIpc) is 2.95. The lowest BCUT2D eigenvalue weighted by molar-refractivity contribution is 0.0703. The van der Waals surface area contributed by atoms with E-state index in [9.17, 15) is 14.7 Å². The Kier molecular flexibility index (Phi) is 4.58. The number of nitrogens with one attached hydrogen (secondary N) is 2. The topological polar surface area (TPSA) is 78.4 Å². The Morgan fingerprint density at radius 3 is 2.32 bits per heavy atom. The summed E-state index contributed by atoms with van der Waals surface area (Å²) in [5, 5.41) is 15.3. The van der Waals surface area contributed by atoms with Crippen LogP contribution >= 0.6 is 22.7 Å². The molecule has 22 heavy (non-hydrogen) atoms. The second kappa shape index (κ2) is 6.10. The molecule has 2 aromatic rings. The molecule has 2 rings (SSSR count). The van der Waals surface area contributed by atoms with Gasteiger partial charge in [-0.2, -0.15) is 0 Å². The van der Waals surface area contributed by atoms with Crippen LogP contribution in [0.3, 0.4) is 0 Å². The van der Waals surface area contributed by atoms with Gasteiger partial charge in [0.2, 0.25) is 0 Å². The number of carboxylic acid groups (broad SMARTS) is 1. The highest BCUT2D eigenvalue weighted by molar-refractivity contribution is 7.16. The Morgan fingerprint density at radius 1 is 1.14 bits per heavy atom. The number of carboxylic acids is 1. The molecule has 7 heteroatoms. The number of hydrogen-bond acceptors (Lipinski definition) is 4. The smallest absolute Gasteiger partial charge is 0.348 e. The first kappa shape index (κ1) is 16.5. The average molecular weight is 338 g/mol. The van der Waals surface area contributed by atoms with Crippen molar-refractivity contribution in [2.45, 2.75) is 33.1 Å². The molecule has 0 unspecified atom stereocenters. The molecule has 2 aromatic heterocycles. The van der Waals surface area contributed by atoms with Gasteiger partial charge in [0.1, 0.15) is 4.88 Å². The van der Waals surface area contributed by atoms with E-state index in [-0.39, 0.29) is 10.3 Å². The first-order valence-corrected chi connectivity index (χ1v) is 8.32. The molecule has 0 aliphatic rings. The van der Waals surface area contributed by atoms with Gasteiger partial charge in [-0.1, -0.05) is 20.8 Å². The fraction of sp³-hybridized carbons (Fsp3) is 0.333. The Morgan fingerprint density at radius 2 is 1.82 bits per heavy atom. The maximum atomic E-state index is 12.0. The predicted octanol–water partition coefficient (Wildman–Crippen LogP) is 4.76. The Hall–Kier alpha value is -1.86. The van der Waals surface area contributed by atoms with E-state index in [4.69, 9.17) is 0 Å². The number of hydrogen-bond donors (Lipinski definition) is 3. The maximum Gasteiger partial charge on any atom is 0.348 e. The molecule has 0 bridgehead atoms. The van der Waals surface area contributed by atoms with Gasteiger partial charge in [0.25, 0.3) is 0 Å². The van der Waals surface area contributed by atoms with Crippen LogP contribution in [0.2, 0.25) is 0 Å². The van der Waals surface area contributed by atoms with Gasteiger partial charge in [-0.05, 0) is 30.5 Å². The largest absolute Gasteiger partial charge is 0.477 e. The number of anilines is 2. The van der Waals surface area contributed by atoms with Gasteiger partial charge in [0.05, 0.1) is 10.7 Å². The molecular formula is C15H18N2O3S2. The second-order valence-corrected chi connectivity index (χ2v) is 8.24. The van der Waals surface area contributed by atoms with Gasteiger partial charge >= 0.3 is 12.0 Å². The van der Waals surface area contributed by atoms with E-state index in [2.05, 4.69) is 10.6 Å². The minimum atomic E-state index is -1.04. The lowest BCUT2D eigenvalue weighted by Crippen LogP contribution is -2.19. The minimum absolute atomic E-state index is 0.141. The quantitative estimate of drug-likeness (QED) is 0.755. The molecule has 118 valence electrons. The molecule has 0 aromatic carbocycles. The summed E-state index contributed by atoms with van der Waals surface area (Å²) in [6, 6.07) is 5.01. The number of thiophene rings is 2. The van der Waals surface area contributed by atoms with E-state index < -0.39 is 12.0 Å². The van der Waals surface area contributed by atoms with Crippen LogP contribution in [-0.2, 0) is 5.41 Å². The normalized spacial score (nSPS) is 11.3. The lowest BCUT2D eigenvalue weighted by Gasteiger charge is -2.15. The molecule has 0 aliphatic heterocycles. The van der Waals surface area contributed by atoms with Gasteiger partial charge in [-0.3, -0.25) is 5.32 Å². The van der Waals surface area contributed by atoms with Crippen molar-refractivity contribution in [1.29, 1.82) is 0 Å². The van der Waals surface area contributed by atoms with Crippen LogP contribution in [0.1, 0.15) is 40.2 Å². The molecule has 0 fully saturated rings. The van der Waals surface area contributed by atoms with Gasteiger partial charge in [-0.15, -0.1) is 22.7 Å². The van der Waals surface area contributed by atoms with E-state index in [0.29, 0.717) is 5.69 Å². The number of aromatic carboxylic acids is 1. The minimum Gasteiger partial charge on any atom is -0.477 e. The van der Waals surface area contributed by atoms with Crippen molar-refractivity contribution in [3.05, 3.63) is 32.8 Å². The number of urea groups is 1. The molecule has 0 spiro atoms. The van der Waals surface area contributed by atoms with E-state index >= 15 is 0 Å². The van der Waals surface area contributed by atoms with E-state index in [1.165, 1.54) is 22.7 Å². The maximum absolute atomic E-state index is 12.0. The van der Waals surface area contributed by atoms with Crippen LogP contribution in [0.25, 0.3) is 0 Å². The molecule has 0 aliphatic carbocycles. The second-order valence-electron chi connectivity index (χ2n) is 5.90. The van der Waals surface area contributed by atoms with Crippen molar-refractivity contribution in [2.75, 3.05) is 10.6 Å². The highest BCUT2D eigenvalue weighted by Crippen LogP contribution is 2.35. The molecule has 3 N–H and O–H groups in total. The third-order valence-electron chi connectivity index (χ3n) is 2.89. The first-order chi connectivity index (χ1) is 10.2. The first-order valence-electron chi connectivity index (χ1n) is 6.69. The fourth-order valence-corrected chi connectivity index (χ4v) is 3.55. The van der Waals surface area contributed by atoms with Gasteiger partial charge in [0.15, 0.2) is 0 Å². The van der Waals surface area contributed by atoms with Crippen molar-refractivity contribution in [3.8, 4) is 0 Å². The SMILES string of the molecule is Cc1ccc(NC(=O)Nc2cc(C(C)(C)C)sc2C(=O)O)s1. The fourth-order valence-electron chi connectivity index (χ4n) is 1.78. The summed E-state index contributed by atoms with van der Waals surface area (Å²) < 4.78 is 0. The zero-order valence-electron chi connectivity index (χ0n) is 12.8. The van der Waals surface area contributed by atoms with Gasteiger partial charge in [-0.25, -0.2) is 9.59 Å². The lowest BCUT2D eigenvalue weighted by atomic mass is 9.94.